The van der Waals surface area contributed by atoms with Gasteiger partial charge in [0.05, 0.1) is 12.6 Å². The summed E-state index contributed by atoms with van der Waals surface area (Å²) in [5, 5.41) is 7.92. The first-order valence-electron chi connectivity index (χ1n) is 7.96. The molecule has 7 heteroatoms. The van der Waals surface area contributed by atoms with E-state index in [0.717, 1.165) is 38.2 Å². The van der Waals surface area contributed by atoms with Crippen LogP contribution in [0, 0.1) is 0 Å². The third-order valence-corrected chi connectivity index (χ3v) is 4.91. The zero-order valence-electron chi connectivity index (χ0n) is 12.5. The summed E-state index contributed by atoms with van der Waals surface area (Å²) in [7, 11) is 0. The van der Waals surface area contributed by atoms with Crippen LogP contribution in [0.4, 0.5) is 0 Å². The topological polar surface area (TPSA) is 71.2 Å². The molecule has 4 heterocycles. The average molecular weight is 304 g/mol. The zero-order chi connectivity index (χ0) is 15.0. The molecule has 0 radical (unpaired) electrons. The molecule has 22 heavy (non-hydrogen) atoms. The SMILES string of the molecule is O=C(c1ccno1)N1CCC2(CC1)CC(N1CCCC1)=NO2. The third-order valence-electron chi connectivity index (χ3n) is 4.91. The number of likely N-dealkylation sites (tertiary alicyclic amines) is 2. The van der Waals surface area contributed by atoms with Gasteiger partial charge in [-0.15, -0.1) is 0 Å². The molecule has 0 unspecified atom stereocenters. The molecular weight excluding hydrogens is 284 g/mol. The Morgan fingerprint density at radius 1 is 1.18 bits per heavy atom. The molecule has 3 aliphatic heterocycles. The number of nitrogens with zero attached hydrogens (tertiary/aromatic N) is 4. The van der Waals surface area contributed by atoms with E-state index in [1.165, 1.54) is 19.0 Å². The van der Waals surface area contributed by atoms with Gasteiger partial charge in [0.25, 0.3) is 5.91 Å². The van der Waals surface area contributed by atoms with Gasteiger partial charge < -0.3 is 19.2 Å². The Bertz CT molecular complexity index is 570. The molecule has 1 aromatic heterocycles. The summed E-state index contributed by atoms with van der Waals surface area (Å²) < 4.78 is 4.95. The van der Waals surface area contributed by atoms with Crippen molar-refractivity contribution in [3.05, 3.63) is 18.0 Å². The number of carbonyl (C=O) groups excluding carboxylic acids is 1. The van der Waals surface area contributed by atoms with Crippen molar-refractivity contribution in [3.63, 3.8) is 0 Å². The standard InChI is InChI=1S/C15H20N4O3/c20-14(12-3-6-16-21-12)19-9-4-15(5-10-19)11-13(17-22-15)18-7-1-2-8-18/h3,6H,1-2,4-5,7-11H2. The normalized spacial score (nSPS) is 23.7. The Morgan fingerprint density at radius 3 is 2.64 bits per heavy atom. The molecule has 0 atom stereocenters. The number of hydrogen-bond acceptors (Lipinski definition) is 6. The second-order valence-electron chi connectivity index (χ2n) is 6.32. The van der Waals surface area contributed by atoms with E-state index >= 15 is 0 Å². The van der Waals surface area contributed by atoms with Crippen molar-refractivity contribution in [2.45, 2.75) is 37.7 Å². The number of aromatic nitrogens is 1. The Kier molecular flexibility index (Phi) is 3.28. The fraction of sp³-hybridized carbons (Fsp3) is 0.667. The minimum atomic E-state index is -0.212. The number of amides is 1. The highest BCUT2D eigenvalue weighted by molar-refractivity contribution is 5.91. The molecule has 3 aliphatic rings. The van der Waals surface area contributed by atoms with Crippen LogP contribution in [0.25, 0.3) is 0 Å². The van der Waals surface area contributed by atoms with Crippen molar-refractivity contribution < 1.29 is 14.2 Å². The van der Waals surface area contributed by atoms with Crippen molar-refractivity contribution in [2.75, 3.05) is 26.2 Å². The molecule has 0 N–H and O–H groups in total. The predicted octanol–water partition coefficient (Wildman–Crippen LogP) is 1.48. The van der Waals surface area contributed by atoms with E-state index in [-0.39, 0.29) is 11.5 Å². The van der Waals surface area contributed by atoms with Crippen LogP contribution in [0.2, 0.25) is 0 Å². The summed E-state index contributed by atoms with van der Waals surface area (Å²) in [6.07, 6.45) is 6.48. The number of oxime groups is 1. The van der Waals surface area contributed by atoms with Gasteiger partial charge in [0, 0.05) is 45.1 Å². The molecule has 2 fully saturated rings. The maximum Gasteiger partial charge on any atom is 0.292 e. The van der Waals surface area contributed by atoms with Gasteiger partial charge in [-0.3, -0.25) is 4.79 Å². The highest BCUT2D eigenvalue weighted by Gasteiger charge is 2.44. The van der Waals surface area contributed by atoms with E-state index in [1.54, 1.807) is 6.07 Å². The Morgan fingerprint density at radius 2 is 1.95 bits per heavy atom. The van der Waals surface area contributed by atoms with Crippen molar-refractivity contribution in [1.82, 2.24) is 15.0 Å². The van der Waals surface area contributed by atoms with E-state index in [4.69, 9.17) is 9.36 Å². The summed E-state index contributed by atoms with van der Waals surface area (Å²) in [5.41, 5.74) is -0.212. The third kappa shape index (κ3) is 2.34. The van der Waals surface area contributed by atoms with Gasteiger partial charge >= 0.3 is 0 Å². The van der Waals surface area contributed by atoms with Crippen LogP contribution in [-0.2, 0) is 4.84 Å². The van der Waals surface area contributed by atoms with Crippen molar-refractivity contribution in [1.29, 1.82) is 0 Å². The van der Waals surface area contributed by atoms with Crippen LogP contribution in [0.5, 0.6) is 0 Å². The number of rotatable bonds is 1. The van der Waals surface area contributed by atoms with Gasteiger partial charge in [0.1, 0.15) is 11.4 Å². The maximum absolute atomic E-state index is 12.3. The molecule has 2 saturated heterocycles. The molecule has 1 amide bonds. The fourth-order valence-electron chi connectivity index (χ4n) is 3.51. The van der Waals surface area contributed by atoms with E-state index in [0.29, 0.717) is 18.8 Å². The van der Waals surface area contributed by atoms with E-state index < -0.39 is 0 Å². The van der Waals surface area contributed by atoms with Gasteiger partial charge in [0.15, 0.2) is 0 Å². The molecule has 0 saturated carbocycles. The smallest absolute Gasteiger partial charge is 0.292 e. The summed E-state index contributed by atoms with van der Waals surface area (Å²) in [6.45, 7) is 3.52. The second kappa shape index (κ2) is 5.30. The van der Waals surface area contributed by atoms with E-state index in [2.05, 4.69) is 15.2 Å². The first-order valence-corrected chi connectivity index (χ1v) is 7.96. The Labute approximate surface area is 128 Å². The van der Waals surface area contributed by atoms with Crippen LogP contribution in [-0.4, -0.2) is 58.5 Å². The monoisotopic (exact) mass is 304 g/mol. The number of amidine groups is 1. The second-order valence-corrected chi connectivity index (χ2v) is 6.32. The molecular formula is C15H20N4O3. The molecule has 0 bridgehead atoms. The Hall–Kier alpha value is -2.05. The molecule has 1 aromatic rings. The van der Waals surface area contributed by atoms with Crippen molar-refractivity contribution >= 4 is 11.7 Å². The minimum Gasteiger partial charge on any atom is -0.387 e. The first-order chi connectivity index (χ1) is 10.8. The highest BCUT2D eigenvalue weighted by atomic mass is 16.7. The molecule has 0 aromatic carbocycles. The molecule has 1 spiro atoms. The lowest BCUT2D eigenvalue weighted by atomic mass is 9.88. The van der Waals surface area contributed by atoms with E-state index in [9.17, 15) is 4.79 Å². The number of carbonyl (C=O) groups is 1. The van der Waals surface area contributed by atoms with E-state index in [1.807, 2.05) is 4.90 Å². The maximum atomic E-state index is 12.3. The highest BCUT2D eigenvalue weighted by Crippen LogP contribution is 2.36. The zero-order valence-corrected chi connectivity index (χ0v) is 12.5. The summed E-state index contributed by atoms with van der Waals surface area (Å²) in [4.78, 5) is 22.2. The molecule has 7 nitrogen and oxygen atoms in total. The lowest BCUT2D eigenvalue weighted by Crippen LogP contribution is -2.47. The molecule has 118 valence electrons. The van der Waals surface area contributed by atoms with Crippen LogP contribution in [0.15, 0.2) is 21.9 Å². The molecule has 0 aliphatic carbocycles. The lowest BCUT2D eigenvalue weighted by Gasteiger charge is -2.36. The minimum absolute atomic E-state index is 0.0916. The van der Waals surface area contributed by atoms with Crippen LogP contribution in [0.1, 0.15) is 42.7 Å². The summed E-state index contributed by atoms with van der Waals surface area (Å²) in [6, 6.07) is 1.60. The quantitative estimate of drug-likeness (QED) is 0.786. The van der Waals surface area contributed by atoms with Gasteiger partial charge in [-0.05, 0) is 12.8 Å². The van der Waals surface area contributed by atoms with Gasteiger partial charge in [-0.2, -0.15) is 0 Å². The first kappa shape index (κ1) is 13.6. The lowest BCUT2D eigenvalue weighted by molar-refractivity contribution is -0.0572. The number of piperidine rings is 1. The van der Waals surface area contributed by atoms with Crippen molar-refractivity contribution in [3.8, 4) is 0 Å². The van der Waals surface area contributed by atoms with Crippen LogP contribution >= 0.6 is 0 Å². The van der Waals surface area contributed by atoms with Gasteiger partial charge in [-0.25, -0.2) is 0 Å². The van der Waals surface area contributed by atoms with Crippen LogP contribution in [0.3, 0.4) is 0 Å². The molecule has 4 rings (SSSR count). The Balaban J connectivity index is 1.35. The summed E-state index contributed by atoms with van der Waals surface area (Å²) >= 11 is 0. The fourth-order valence-corrected chi connectivity index (χ4v) is 3.51. The van der Waals surface area contributed by atoms with Crippen LogP contribution < -0.4 is 0 Å². The van der Waals surface area contributed by atoms with Crippen molar-refractivity contribution in [2.24, 2.45) is 5.16 Å². The van der Waals surface area contributed by atoms with Gasteiger partial charge in [0.2, 0.25) is 5.76 Å². The summed E-state index contributed by atoms with van der Waals surface area (Å²) in [5.74, 6) is 1.30. The number of hydrogen-bond donors (Lipinski definition) is 0. The largest absolute Gasteiger partial charge is 0.387 e. The average Bonchev–Trinajstić information content (AvgIpc) is 3.29. The predicted molar refractivity (Wildman–Crippen MR) is 78.3 cm³/mol. The van der Waals surface area contributed by atoms with Gasteiger partial charge in [-0.1, -0.05) is 10.3 Å².